The van der Waals surface area contributed by atoms with E-state index in [1.54, 1.807) is 6.92 Å². The van der Waals surface area contributed by atoms with E-state index < -0.39 is 0 Å². The van der Waals surface area contributed by atoms with Crippen LogP contribution in [0.4, 0.5) is 0 Å². The van der Waals surface area contributed by atoms with Crippen LogP contribution in [0.3, 0.4) is 0 Å². The third-order valence-corrected chi connectivity index (χ3v) is 4.01. The van der Waals surface area contributed by atoms with E-state index in [1.165, 1.54) is 0 Å². The first kappa shape index (κ1) is 9.87. The molecule has 0 radical (unpaired) electrons. The van der Waals surface area contributed by atoms with Crippen molar-refractivity contribution >= 4 is 11.9 Å². The first-order valence-electron chi connectivity index (χ1n) is 5.65. The van der Waals surface area contributed by atoms with Gasteiger partial charge in [0.05, 0.1) is 5.92 Å². The molecule has 1 heterocycles. The van der Waals surface area contributed by atoms with Crippen LogP contribution in [0.1, 0.15) is 19.8 Å². The molecule has 0 amide bonds. The zero-order valence-corrected chi connectivity index (χ0v) is 9.14. The summed E-state index contributed by atoms with van der Waals surface area (Å²) in [6.07, 6.45) is 1.33. The molecule has 2 aliphatic carbocycles. The highest BCUT2D eigenvalue weighted by atomic mass is 16.6. The molecule has 0 aromatic carbocycles. The Balaban J connectivity index is 1.77. The molecule has 2 saturated carbocycles. The smallest absolute Gasteiger partial charge is 0.333 e. The van der Waals surface area contributed by atoms with Crippen LogP contribution in [0.5, 0.6) is 0 Å². The molecule has 16 heavy (non-hydrogen) atoms. The van der Waals surface area contributed by atoms with Crippen LogP contribution in [0.2, 0.25) is 0 Å². The van der Waals surface area contributed by atoms with Crippen molar-refractivity contribution in [3.8, 4) is 0 Å². The Morgan fingerprint density at radius 1 is 1.50 bits per heavy atom. The molecule has 3 fully saturated rings. The van der Waals surface area contributed by atoms with Gasteiger partial charge >= 0.3 is 11.9 Å². The molecule has 4 unspecified atom stereocenters. The summed E-state index contributed by atoms with van der Waals surface area (Å²) < 4.78 is 10.7. The number of rotatable bonds is 2. The largest absolute Gasteiger partial charge is 0.458 e. The molecular weight excluding hydrogens is 208 g/mol. The van der Waals surface area contributed by atoms with E-state index in [9.17, 15) is 9.59 Å². The number of hydrogen-bond donors (Lipinski definition) is 0. The minimum atomic E-state index is -0.378. The summed E-state index contributed by atoms with van der Waals surface area (Å²) in [6, 6.07) is 0. The van der Waals surface area contributed by atoms with Gasteiger partial charge in [0.2, 0.25) is 0 Å². The minimum Gasteiger partial charge on any atom is -0.458 e. The maximum atomic E-state index is 11.5. The van der Waals surface area contributed by atoms with E-state index in [1.807, 2.05) is 0 Å². The van der Waals surface area contributed by atoms with Gasteiger partial charge in [0.15, 0.2) is 0 Å². The van der Waals surface area contributed by atoms with Gasteiger partial charge in [0.25, 0.3) is 0 Å². The summed E-state index contributed by atoms with van der Waals surface area (Å²) in [4.78, 5) is 22.9. The fourth-order valence-corrected chi connectivity index (χ4v) is 3.29. The molecule has 86 valence electrons. The molecule has 1 aliphatic heterocycles. The summed E-state index contributed by atoms with van der Waals surface area (Å²) in [5.74, 6) is 0.161. The fourth-order valence-electron chi connectivity index (χ4n) is 3.29. The number of hydrogen-bond acceptors (Lipinski definition) is 4. The second kappa shape index (κ2) is 3.09. The van der Waals surface area contributed by atoms with E-state index in [0.717, 1.165) is 12.8 Å². The Bertz CT molecular complexity index is 386. The van der Waals surface area contributed by atoms with E-state index in [2.05, 4.69) is 6.58 Å². The minimum absolute atomic E-state index is 0.0646. The van der Waals surface area contributed by atoms with E-state index in [4.69, 9.17) is 9.47 Å². The lowest BCUT2D eigenvalue weighted by molar-refractivity contribution is -0.158. The van der Waals surface area contributed by atoms with Crippen LogP contribution in [-0.2, 0) is 19.1 Å². The van der Waals surface area contributed by atoms with Crippen LogP contribution in [0.25, 0.3) is 0 Å². The molecule has 1 saturated heterocycles. The third kappa shape index (κ3) is 1.16. The molecule has 4 heteroatoms. The van der Waals surface area contributed by atoms with Crippen molar-refractivity contribution < 1.29 is 19.1 Å². The molecule has 0 aromatic rings. The predicted octanol–water partition coefficient (Wildman–Crippen LogP) is 1.06. The van der Waals surface area contributed by atoms with Gasteiger partial charge in [0.1, 0.15) is 12.2 Å². The molecule has 3 rings (SSSR count). The molecule has 2 bridgehead atoms. The van der Waals surface area contributed by atoms with Gasteiger partial charge in [0, 0.05) is 17.4 Å². The Hall–Kier alpha value is -1.32. The van der Waals surface area contributed by atoms with Crippen LogP contribution < -0.4 is 0 Å². The summed E-state index contributed by atoms with van der Waals surface area (Å²) in [6.45, 7) is 5.18. The molecule has 4 nitrogen and oxygen atoms in total. The van der Waals surface area contributed by atoms with E-state index >= 15 is 0 Å². The lowest BCUT2D eigenvalue weighted by atomic mass is 9.88. The Morgan fingerprint density at radius 2 is 2.25 bits per heavy atom. The van der Waals surface area contributed by atoms with Gasteiger partial charge in [-0.1, -0.05) is 6.58 Å². The van der Waals surface area contributed by atoms with Gasteiger partial charge in [-0.3, -0.25) is 4.79 Å². The average molecular weight is 222 g/mol. The van der Waals surface area contributed by atoms with Crippen molar-refractivity contribution in [2.24, 2.45) is 17.8 Å². The van der Waals surface area contributed by atoms with Crippen LogP contribution >= 0.6 is 0 Å². The third-order valence-electron chi connectivity index (χ3n) is 4.01. The SMILES string of the molecule is C=C(C)C(=O)OC1C2CC3C(=O)O[C@@H]1C3C2. The standard InChI is InChI=1S/C12H14O4/c1-5(2)11(13)15-9-6-3-7-8(4-6)12(14)16-10(7)9/h6-10H,1,3-4H2,2H3/t6?,7?,8?,9?,10-/m1/s1. The maximum absolute atomic E-state index is 11.5. The number of fused-ring (bicyclic) bond motifs is 1. The Labute approximate surface area is 93.6 Å². The molecule has 5 atom stereocenters. The van der Waals surface area contributed by atoms with Crippen LogP contribution in [0, 0.1) is 17.8 Å². The van der Waals surface area contributed by atoms with Gasteiger partial charge in [-0.05, 0) is 19.8 Å². The monoisotopic (exact) mass is 222 g/mol. The second-order valence-electron chi connectivity index (χ2n) is 5.05. The van der Waals surface area contributed by atoms with E-state index in [-0.39, 0.29) is 36.0 Å². The van der Waals surface area contributed by atoms with Crippen molar-refractivity contribution in [3.63, 3.8) is 0 Å². The quantitative estimate of drug-likeness (QED) is 0.517. The summed E-state index contributed by atoms with van der Waals surface area (Å²) in [7, 11) is 0. The molecular formula is C12H14O4. The first-order valence-corrected chi connectivity index (χ1v) is 5.65. The molecule has 0 spiro atoms. The normalized spacial score (nSPS) is 43.3. The Kier molecular flexibility index (Phi) is 1.91. The van der Waals surface area contributed by atoms with Crippen molar-refractivity contribution in [2.45, 2.75) is 32.0 Å². The summed E-state index contributed by atoms with van der Waals surface area (Å²) in [5.41, 5.74) is 0.392. The fraction of sp³-hybridized carbons (Fsp3) is 0.667. The summed E-state index contributed by atoms with van der Waals surface area (Å²) in [5, 5.41) is 0. The highest BCUT2D eigenvalue weighted by Crippen LogP contribution is 2.55. The van der Waals surface area contributed by atoms with Gasteiger partial charge in [-0.25, -0.2) is 4.79 Å². The maximum Gasteiger partial charge on any atom is 0.333 e. The molecule has 0 aromatic heterocycles. The van der Waals surface area contributed by atoms with Gasteiger partial charge in [-0.15, -0.1) is 0 Å². The van der Waals surface area contributed by atoms with Crippen molar-refractivity contribution in [1.29, 1.82) is 0 Å². The lowest BCUT2D eigenvalue weighted by Gasteiger charge is -2.25. The highest BCUT2D eigenvalue weighted by molar-refractivity contribution is 5.87. The van der Waals surface area contributed by atoms with Gasteiger partial charge in [-0.2, -0.15) is 0 Å². The molecule has 3 aliphatic rings. The number of esters is 2. The second-order valence-corrected chi connectivity index (χ2v) is 5.05. The zero-order chi connectivity index (χ0) is 11.4. The highest BCUT2D eigenvalue weighted by Gasteiger charge is 2.63. The average Bonchev–Trinajstić information content (AvgIpc) is 2.81. The van der Waals surface area contributed by atoms with Crippen molar-refractivity contribution in [2.75, 3.05) is 0 Å². The zero-order valence-electron chi connectivity index (χ0n) is 9.14. The van der Waals surface area contributed by atoms with E-state index in [0.29, 0.717) is 11.5 Å². The van der Waals surface area contributed by atoms with Crippen molar-refractivity contribution in [1.82, 2.24) is 0 Å². The van der Waals surface area contributed by atoms with Gasteiger partial charge < -0.3 is 9.47 Å². The number of carbonyl (C=O) groups is 2. The predicted molar refractivity (Wildman–Crippen MR) is 54.3 cm³/mol. The van der Waals surface area contributed by atoms with Crippen LogP contribution in [-0.4, -0.2) is 24.1 Å². The van der Waals surface area contributed by atoms with Crippen LogP contribution in [0.15, 0.2) is 12.2 Å². The topological polar surface area (TPSA) is 52.6 Å². The number of ether oxygens (including phenoxy) is 2. The number of carbonyl (C=O) groups excluding carboxylic acids is 2. The summed E-state index contributed by atoms with van der Waals surface area (Å²) >= 11 is 0. The lowest BCUT2D eigenvalue weighted by Crippen LogP contribution is -2.36. The Morgan fingerprint density at radius 3 is 2.94 bits per heavy atom. The first-order chi connectivity index (χ1) is 7.58. The van der Waals surface area contributed by atoms with Crippen molar-refractivity contribution in [3.05, 3.63) is 12.2 Å². The molecule has 0 N–H and O–H groups in total.